The quantitative estimate of drug-likeness (QED) is 0.503. The van der Waals surface area contributed by atoms with Crippen LogP contribution in [0.3, 0.4) is 0 Å². The lowest BCUT2D eigenvalue weighted by Gasteiger charge is -2.15. The molecule has 0 aliphatic rings. The molecule has 0 aliphatic carbocycles. The molecule has 2 unspecified atom stereocenters. The van der Waals surface area contributed by atoms with Crippen LogP contribution >= 0.6 is 11.6 Å². The molecule has 0 aromatic heterocycles. The number of carbonyl (C=O) groups is 1. The van der Waals surface area contributed by atoms with Gasteiger partial charge in [0, 0.05) is 17.0 Å². The average Bonchev–Trinajstić information content (AvgIpc) is 2.75. The van der Waals surface area contributed by atoms with Crippen molar-refractivity contribution in [3.05, 3.63) is 64.2 Å². The summed E-state index contributed by atoms with van der Waals surface area (Å²) < 4.78 is 5.43. The van der Waals surface area contributed by atoms with Crippen LogP contribution in [0, 0.1) is 0 Å². The summed E-state index contributed by atoms with van der Waals surface area (Å²) in [7, 11) is 0. The first-order valence-corrected chi connectivity index (χ1v) is 10.3. The Bertz CT molecular complexity index is 745. The van der Waals surface area contributed by atoms with Crippen LogP contribution in [-0.4, -0.2) is 46.5 Å². The first-order valence-electron chi connectivity index (χ1n) is 9.95. The van der Waals surface area contributed by atoms with Gasteiger partial charge in [-0.1, -0.05) is 37.6 Å². The maximum absolute atomic E-state index is 12.4. The molecule has 2 aromatic rings. The first kappa shape index (κ1) is 25.1. The third kappa shape index (κ3) is 8.15. The van der Waals surface area contributed by atoms with E-state index in [2.05, 4.69) is 0 Å². The molecular formula is C23H31ClO5. The molecule has 3 N–H and O–H groups in total. The first-order chi connectivity index (χ1) is 13.9. The molecule has 5 nitrogen and oxygen atoms in total. The van der Waals surface area contributed by atoms with Crippen molar-refractivity contribution in [2.45, 2.75) is 52.2 Å². The van der Waals surface area contributed by atoms with Crippen LogP contribution in [0.15, 0.2) is 42.5 Å². The van der Waals surface area contributed by atoms with Gasteiger partial charge in [0.05, 0.1) is 19.3 Å². The molecule has 2 atom stereocenters. The second kappa shape index (κ2) is 13.3. The number of halogens is 1. The lowest BCUT2D eigenvalue weighted by molar-refractivity contribution is -0.0176. The number of carbonyl (C=O) groups excluding carboxylic acids is 1. The van der Waals surface area contributed by atoms with Gasteiger partial charge in [-0.25, -0.2) is 0 Å². The van der Waals surface area contributed by atoms with Gasteiger partial charge in [0.2, 0.25) is 0 Å². The fourth-order valence-electron chi connectivity index (χ4n) is 2.71. The van der Waals surface area contributed by atoms with Crippen LogP contribution in [0.1, 0.15) is 55.1 Å². The molecule has 6 heteroatoms. The molecule has 2 aromatic carbocycles. The van der Waals surface area contributed by atoms with E-state index >= 15 is 0 Å². The van der Waals surface area contributed by atoms with Crippen molar-refractivity contribution >= 4 is 17.4 Å². The van der Waals surface area contributed by atoms with Gasteiger partial charge in [0.25, 0.3) is 0 Å². The van der Waals surface area contributed by atoms with Crippen molar-refractivity contribution in [3.8, 4) is 5.75 Å². The van der Waals surface area contributed by atoms with Crippen molar-refractivity contribution in [1.29, 1.82) is 0 Å². The fourth-order valence-corrected chi connectivity index (χ4v) is 2.90. The summed E-state index contributed by atoms with van der Waals surface area (Å²) >= 11 is 6.28. The summed E-state index contributed by atoms with van der Waals surface area (Å²) in [4.78, 5) is 12.4. The molecule has 0 spiro atoms. The second-order valence-electron chi connectivity index (χ2n) is 6.34. The third-order valence-electron chi connectivity index (χ3n) is 4.29. The van der Waals surface area contributed by atoms with Crippen LogP contribution in [-0.2, 0) is 6.42 Å². The number of ketones is 1. The average molecular weight is 423 g/mol. The Balaban J connectivity index is 0.00000204. The number of Topliss-reactive ketones (excluding diaryl/α,β-unsaturated/α-hetero) is 1. The Labute approximate surface area is 177 Å². The van der Waals surface area contributed by atoms with E-state index in [1.807, 2.05) is 45.0 Å². The Morgan fingerprint density at radius 1 is 1.07 bits per heavy atom. The molecule has 0 heterocycles. The van der Waals surface area contributed by atoms with Gasteiger partial charge in [-0.15, -0.1) is 0 Å². The topological polar surface area (TPSA) is 87.0 Å². The van der Waals surface area contributed by atoms with E-state index in [0.29, 0.717) is 23.6 Å². The smallest absolute Gasteiger partial charge is 0.162 e. The van der Waals surface area contributed by atoms with Gasteiger partial charge in [0.15, 0.2) is 5.78 Å². The molecule has 0 fully saturated rings. The fraction of sp³-hybridized carbons (Fsp3) is 0.435. The molecule has 0 radical (unpaired) electrons. The van der Waals surface area contributed by atoms with Crippen LogP contribution in [0.2, 0.25) is 5.02 Å². The maximum Gasteiger partial charge on any atom is 0.162 e. The Kier molecular flexibility index (Phi) is 11.5. The van der Waals surface area contributed by atoms with Gasteiger partial charge in [-0.2, -0.15) is 0 Å². The lowest BCUT2D eigenvalue weighted by atomic mass is 9.98. The maximum atomic E-state index is 12.4. The molecule has 0 bridgehead atoms. The molecule has 29 heavy (non-hydrogen) atoms. The molecule has 2 rings (SSSR count). The van der Waals surface area contributed by atoms with E-state index in [1.165, 1.54) is 0 Å². The highest BCUT2D eigenvalue weighted by Crippen LogP contribution is 2.23. The van der Waals surface area contributed by atoms with Gasteiger partial charge < -0.3 is 20.1 Å². The highest BCUT2D eigenvalue weighted by atomic mass is 35.5. The van der Waals surface area contributed by atoms with Crippen LogP contribution in [0.4, 0.5) is 0 Å². The predicted octanol–water partition coefficient (Wildman–Crippen LogP) is 4.03. The van der Waals surface area contributed by atoms with Crippen molar-refractivity contribution in [2.24, 2.45) is 0 Å². The Hall–Kier alpha value is -1.92. The Morgan fingerprint density at radius 3 is 2.31 bits per heavy atom. The Morgan fingerprint density at radius 2 is 1.72 bits per heavy atom. The molecule has 160 valence electrons. The number of aliphatic hydroxyl groups excluding tert-OH is 3. The standard InChI is InChI=1S/C21H25ClO5.C2H6/c1-2-27-17-6-3-14(4-7-17)11-16-12-15(5-8-18(16)22)19(24)9-10-20(25)21(26)13-23;1-2/h3-8,12,20-21,23,25-26H,2,9-11,13H2,1H3;1-2H3. The molecule has 0 aliphatic heterocycles. The van der Waals surface area contributed by atoms with E-state index in [4.69, 9.17) is 21.4 Å². The SMILES string of the molecule is CC.CCOc1ccc(Cc2cc(C(=O)CCC(O)C(O)CO)ccc2Cl)cc1. The normalized spacial score (nSPS) is 12.5. The highest BCUT2D eigenvalue weighted by Gasteiger charge is 2.17. The zero-order valence-electron chi connectivity index (χ0n) is 17.3. The molecule has 0 amide bonds. The zero-order valence-corrected chi connectivity index (χ0v) is 18.0. The number of aliphatic hydroxyl groups is 3. The van der Waals surface area contributed by atoms with Crippen molar-refractivity contribution in [1.82, 2.24) is 0 Å². The summed E-state index contributed by atoms with van der Waals surface area (Å²) in [6.45, 7) is 6.00. The van der Waals surface area contributed by atoms with E-state index in [1.54, 1.807) is 18.2 Å². The molecule has 0 saturated heterocycles. The van der Waals surface area contributed by atoms with Gasteiger partial charge in [-0.05, 0) is 61.2 Å². The van der Waals surface area contributed by atoms with Crippen LogP contribution in [0.25, 0.3) is 0 Å². The lowest BCUT2D eigenvalue weighted by Crippen LogP contribution is -2.29. The summed E-state index contributed by atoms with van der Waals surface area (Å²) in [5.41, 5.74) is 2.39. The van der Waals surface area contributed by atoms with E-state index in [9.17, 15) is 15.0 Å². The second-order valence-corrected chi connectivity index (χ2v) is 6.75. The summed E-state index contributed by atoms with van der Waals surface area (Å²) in [6, 6.07) is 12.8. The number of benzene rings is 2. The summed E-state index contributed by atoms with van der Waals surface area (Å²) in [6.07, 6.45) is -1.63. The third-order valence-corrected chi connectivity index (χ3v) is 4.66. The number of rotatable bonds is 10. The van der Waals surface area contributed by atoms with Crippen molar-refractivity contribution in [3.63, 3.8) is 0 Å². The summed E-state index contributed by atoms with van der Waals surface area (Å²) in [5, 5.41) is 28.4. The van der Waals surface area contributed by atoms with Crippen LogP contribution in [0.5, 0.6) is 5.75 Å². The van der Waals surface area contributed by atoms with E-state index < -0.39 is 18.8 Å². The largest absolute Gasteiger partial charge is 0.494 e. The number of ether oxygens (including phenoxy) is 1. The number of hydrogen-bond donors (Lipinski definition) is 3. The summed E-state index contributed by atoms with van der Waals surface area (Å²) in [5.74, 6) is 0.656. The van der Waals surface area contributed by atoms with Gasteiger partial charge >= 0.3 is 0 Å². The van der Waals surface area contributed by atoms with Crippen molar-refractivity contribution < 1.29 is 24.9 Å². The van der Waals surface area contributed by atoms with E-state index in [-0.39, 0.29) is 18.6 Å². The van der Waals surface area contributed by atoms with Gasteiger partial charge in [0.1, 0.15) is 11.9 Å². The number of hydrogen-bond acceptors (Lipinski definition) is 5. The highest BCUT2D eigenvalue weighted by molar-refractivity contribution is 6.31. The molecular weight excluding hydrogens is 392 g/mol. The van der Waals surface area contributed by atoms with Crippen molar-refractivity contribution in [2.75, 3.05) is 13.2 Å². The zero-order chi connectivity index (χ0) is 21.8. The van der Waals surface area contributed by atoms with Crippen LogP contribution < -0.4 is 4.74 Å². The predicted molar refractivity (Wildman–Crippen MR) is 116 cm³/mol. The van der Waals surface area contributed by atoms with Gasteiger partial charge in [-0.3, -0.25) is 4.79 Å². The molecule has 0 saturated carbocycles. The minimum Gasteiger partial charge on any atom is -0.494 e. The monoisotopic (exact) mass is 422 g/mol. The minimum atomic E-state index is -1.24. The minimum absolute atomic E-state index is 0.0718. The van der Waals surface area contributed by atoms with E-state index in [0.717, 1.165) is 16.9 Å².